The zero-order valence-corrected chi connectivity index (χ0v) is 16.8. The first-order valence-corrected chi connectivity index (χ1v) is 11.2. The van der Waals surface area contributed by atoms with Crippen molar-refractivity contribution in [2.45, 2.75) is 11.3 Å². The lowest BCUT2D eigenvalue weighted by Gasteiger charge is -2.19. The number of carboxylic acids is 1. The number of carbonyl (C=O) groups excluding carboxylic acids is 1. The van der Waals surface area contributed by atoms with E-state index >= 15 is 0 Å². The van der Waals surface area contributed by atoms with Gasteiger partial charge in [-0.2, -0.15) is 11.8 Å². The summed E-state index contributed by atoms with van der Waals surface area (Å²) >= 11 is 1.22. The molecule has 0 amide bonds. The summed E-state index contributed by atoms with van der Waals surface area (Å²) in [7, 11) is -3.90. The number of pyridine rings is 1. The highest BCUT2D eigenvalue weighted by atomic mass is 32.2. The zero-order chi connectivity index (χ0) is 20.9. The Labute approximate surface area is 171 Å². The van der Waals surface area contributed by atoms with Gasteiger partial charge in [-0.05, 0) is 24.3 Å². The van der Waals surface area contributed by atoms with E-state index in [0.29, 0.717) is 36.0 Å². The van der Waals surface area contributed by atoms with Crippen molar-refractivity contribution in [3.8, 4) is 11.5 Å². The van der Waals surface area contributed by atoms with Crippen LogP contribution in [-0.4, -0.2) is 55.0 Å². The molecule has 1 aromatic heterocycles. The van der Waals surface area contributed by atoms with Gasteiger partial charge in [0.25, 0.3) is 10.0 Å². The molecule has 1 aliphatic heterocycles. The molecule has 0 fully saturated rings. The highest BCUT2D eigenvalue weighted by Gasteiger charge is 2.20. The normalized spacial score (nSPS) is 13.0. The van der Waals surface area contributed by atoms with Crippen molar-refractivity contribution in [2.75, 3.05) is 29.4 Å². The number of Topliss-reactive ketones (excluding diaryl/α,β-unsaturated/α-hetero) is 1. The van der Waals surface area contributed by atoms with E-state index in [2.05, 4.69) is 9.71 Å². The first-order valence-electron chi connectivity index (χ1n) is 8.56. The highest BCUT2D eigenvalue weighted by Crippen LogP contribution is 2.32. The molecular formula is C18H18N2O7S2. The van der Waals surface area contributed by atoms with Crippen LogP contribution in [0.1, 0.15) is 16.8 Å². The number of nitrogens with zero attached hydrogens (tertiary/aromatic N) is 1. The molecule has 0 saturated carbocycles. The number of hydrogen-bond donors (Lipinski definition) is 2. The number of sulfonamides is 1. The molecule has 2 heterocycles. The Balaban J connectivity index is 1.63. The second-order valence-electron chi connectivity index (χ2n) is 5.96. The lowest BCUT2D eigenvalue weighted by atomic mass is 10.2. The maximum Gasteiger partial charge on any atom is 0.304 e. The van der Waals surface area contributed by atoms with Gasteiger partial charge in [-0.25, -0.2) is 13.4 Å². The molecule has 0 aliphatic carbocycles. The van der Waals surface area contributed by atoms with Gasteiger partial charge in [0.05, 0.1) is 17.1 Å². The molecule has 1 aliphatic rings. The van der Waals surface area contributed by atoms with Gasteiger partial charge in [-0.3, -0.25) is 14.3 Å². The topological polar surface area (TPSA) is 132 Å². The Kier molecular flexibility index (Phi) is 6.60. The minimum absolute atomic E-state index is 0.00136. The number of carbonyl (C=O) groups is 2. The average Bonchev–Trinajstić information content (AvgIpc) is 2.71. The van der Waals surface area contributed by atoms with Gasteiger partial charge >= 0.3 is 5.97 Å². The first kappa shape index (κ1) is 20.9. The average molecular weight is 438 g/mol. The fraction of sp³-hybridized carbons (Fsp3) is 0.278. The molecule has 0 bridgehead atoms. The Morgan fingerprint density at radius 1 is 1.14 bits per heavy atom. The molecule has 0 saturated heterocycles. The van der Waals surface area contributed by atoms with Gasteiger partial charge in [0.1, 0.15) is 19.0 Å². The zero-order valence-electron chi connectivity index (χ0n) is 15.2. The smallest absolute Gasteiger partial charge is 0.304 e. The minimum Gasteiger partial charge on any atom is -0.486 e. The Morgan fingerprint density at radius 3 is 2.59 bits per heavy atom. The van der Waals surface area contributed by atoms with Crippen LogP contribution in [0.25, 0.3) is 0 Å². The van der Waals surface area contributed by atoms with E-state index < -0.39 is 16.0 Å². The molecule has 29 heavy (non-hydrogen) atoms. The van der Waals surface area contributed by atoms with Crippen LogP contribution < -0.4 is 14.2 Å². The largest absolute Gasteiger partial charge is 0.486 e. The number of hydrogen-bond acceptors (Lipinski definition) is 8. The number of benzene rings is 1. The predicted octanol–water partition coefficient (Wildman–Crippen LogP) is 2.04. The SMILES string of the molecule is O=C(O)CCSCC(=O)c1ccc(NS(=O)(=O)c2ccc3c(c2)OCCO3)nc1. The van der Waals surface area contributed by atoms with Crippen molar-refractivity contribution in [1.29, 1.82) is 0 Å². The maximum atomic E-state index is 12.6. The lowest BCUT2D eigenvalue weighted by molar-refractivity contribution is -0.136. The molecule has 0 unspecified atom stereocenters. The van der Waals surface area contributed by atoms with Crippen molar-refractivity contribution < 1.29 is 32.6 Å². The Bertz CT molecular complexity index is 1010. The number of aromatic nitrogens is 1. The van der Waals surface area contributed by atoms with E-state index in [1.165, 1.54) is 48.3 Å². The van der Waals surface area contributed by atoms with E-state index in [-0.39, 0.29) is 28.7 Å². The third kappa shape index (κ3) is 5.61. The Hall–Kier alpha value is -2.79. The number of nitrogens with one attached hydrogen (secondary N) is 1. The van der Waals surface area contributed by atoms with Crippen molar-refractivity contribution in [3.63, 3.8) is 0 Å². The summed E-state index contributed by atoms with van der Waals surface area (Å²) in [4.78, 5) is 26.5. The standard InChI is InChI=1S/C18H18N2O7S2/c21-14(11-28-8-5-18(22)23)12-1-4-17(19-10-12)20-29(24,25)13-2-3-15-16(9-13)27-7-6-26-15/h1-4,9-10H,5-8,11H2,(H,19,20)(H,22,23). The molecule has 9 nitrogen and oxygen atoms in total. The van der Waals surface area contributed by atoms with Crippen molar-refractivity contribution >= 4 is 39.4 Å². The van der Waals surface area contributed by atoms with Gasteiger partial charge in [0.15, 0.2) is 17.3 Å². The van der Waals surface area contributed by atoms with Crippen LogP contribution in [0.3, 0.4) is 0 Å². The van der Waals surface area contributed by atoms with Crippen LogP contribution in [0.15, 0.2) is 41.4 Å². The number of fused-ring (bicyclic) bond motifs is 1. The summed E-state index contributed by atoms with van der Waals surface area (Å²) in [6, 6.07) is 7.17. The van der Waals surface area contributed by atoms with Crippen molar-refractivity contribution in [1.82, 2.24) is 4.98 Å². The number of anilines is 1. The monoisotopic (exact) mass is 438 g/mol. The van der Waals surface area contributed by atoms with E-state index in [4.69, 9.17) is 14.6 Å². The van der Waals surface area contributed by atoms with E-state index in [1.807, 2.05) is 0 Å². The maximum absolute atomic E-state index is 12.6. The number of aliphatic carboxylic acids is 1. The quantitative estimate of drug-likeness (QED) is 0.446. The third-order valence-electron chi connectivity index (χ3n) is 3.84. The van der Waals surface area contributed by atoms with Crippen molar-refractivity contribution in [2.24, 2.45) is 0 Å². The van der Waals surface area contributed by atoms with Crippen LogP contribution in [0.5, 0.6) is 11.5 Å². The molecule has 2 aromatic rings. The molecule has 11 heteroatoms. The molecule has 2 N–H and O–H groups in total. The van der Waals surface area contributed by atoms with Crippen LogP contribution in [0.4, 0.5) is 5.82 Å². The van der Waals surface area contributed by atoms with Gasteiger partial charge < -0.3 is 14.6 Å². The molecule has 3 rings (SSSR count). The fourth-order valence-corrected chi connectivity index (χ4v) is 4.25. The summed E-state index contributed by atoms with van der Waals surface area (Å²) in [6.45, 7) is 0.750. The number of carboxylic acid groups (broad SMARTS) is 1. The number of ether oxygens (including phenoxy) is 2. The van der Waals surface area contributed by atoms with Crippen LogP contribution in [0.2, 0.25) is 0 Å². The minimum atomic E-state index is -3.90. The lowest BCUT2D eigenvalue weighted by Crippen LogP contribution is -2.17. The van der Waals surface area contributed by atoms with Crippen LogP contribution in [0, 0.1) is 0 Å². The predicted molar refractivity (Wildman–Crippen MR) is 106 cm³/mol. The van der Waals surface area contributed by atoms with Gasteiger partial charge in [-0.1, -0.05) is 0 Å². The molecule has 0 radical (unpaired) electrons. The molecule has 0 atom stereocenters. The number of rotatable bonds is 9. The third-order valence-corrected chi connectivity index (χ3v) is 6.15. The van der Waals surface area contributed by atoms with E-state index in [9.17, 15) is 18.0 Å². The van der Waals surface area contributed by atoms with E-state index in [0.717, 1.165) is 0 Å². The second kappa shape index (κ2) is 9.14. The van der Waals surface area contributed by atoms with Crippen LogP contribution >= 0.6 is 11.8 Å². The molecule has 154 valence electrons. The summed E-state index contributed by atoms with van der Waals surface area (Å²) < 4.78 is 38.3. The summed E-state index contributed by atoms with van der Waals surface area (Å²) in [5, 5.41) is 8.58. The van der Waals surface area contributed by atoms with Crippen molar-refractivity contribution in [3.05, 3.63) is 42.1 Å². The van der Waals surface area contributed by atoms with Gasteiger partial charge in [0, 0.05) is 23.6 Å². The molecule has 0 spiro atoms. The van der Waals surface area contributed by atoms with Gasteiger partial charge in [0.2, 0.25) is 0 Å². The summed E-state index contributed by atoms with van der Waals surface area (Å²) in [5.74, 6) is 0.232. The fourth-order valence-electron chi connectivity index (χ4n) is 2.41. The summed E-state index contributed by atoms with van der Waals surface area (Å²) in [5.41, 5.74) is 0.315. The number of ketones is 1. The number of thioether (sulfide) groups is 1. The Morgan fingerprint density at radius 2 is 1.90 bits per heavy atom. The molecular weight excluding hydrogens is 420 g/mol. The second-order valence-corrected chi connectivity index (χ2v) is 8.75. The molecule has 1 aromatic carbocycles. The summed E-state index contributed by atoms with van der Waals surface area (Å²) in [6.07, 6.45) is 1.26. The first-order chi connectivity index (χ1) is 13.8. The van der Waals surface area contributed by atoms with Crippen LogP contribution in [-0.2, 0) is 14.8 Å². The van der Waals surface area contributed by atoms with E-state index in [1.54, 1.807) is 0 Å². The highest BCUT2D eigenvalue weighted by molar-refractivity contribution is 8.00. The van der Waals surface area contributed by atoms with Gasteiger partial charge in [-0.15, -0.1) is 0 Å².